The first kappa shape index (κ1) is 57.4. The summed E-state index contributed by atoms with van der Waals surface area (Å²) in [5.74, 6) is -3.87. The first-order chi connectivity index (χ1) is 30.9. The summed E-state index contributed by atoms with van der Waals surface area (Å²) in [6.45, 7) is 19.8. The first-order valence-electron chi connectivity index (χ1n) is 22.1. The van der Waals surface area contributed by atoms with Crippen molar-refractivity contribution in [2.24, 2.45) is 0 Å². The number of benzene rings is 1. The van der Waals surface area contributed by atoms with Gasteiger partial charge < -0.3 is 34.7 Å². The minimum absolute atomic E-state index is 0.00884. The van der Waals surface area contributed by atoms with Gasteiger partial charge in [0.15, 0.2) is 0 Å². The van der Waals surface area contributed by atoms with Crippen LogP contribution in [-0.4, -0.2) is 154 Å². The number of carbonyl (C=O) groups is 7. The molecule has 1 aromatic heterocycles. The van der Waals surface area contributed by atoms with E-state index in [0.29, 0.717) is 11.1 Å². The molecule has 2 aromatic rings. The SMILES string of the molecule is CC(C)(C)OC(=O)CN(CCN(CCN(CC(=O)OC(C)(C)C)CC(=O)OC(C)(C)C)CC(=O)NCc1ccc(CONC(=O)[C@@H](Cc2cccnc2)NC(=O)OC(C)(C)C)cc1)CC(=O)O. The van der Waals surface area contributed by atoms with Crippen molar-refractivity contribution in [2.45, 2.75) is 131 Å². The van der Waals surface area contributed by atoms with E-state index in [0.717, 1.165) is 5.56 Å². The number of carbonyl (C=O) groups excluding carboxylic acids is 6. The molecule has 2 rings (SSSR count). The highest BCUT2D eigenvalue weighted by Crippen LogP contribution is 2.13. The van der Waals surface area contributed by atoms with Gasteiger partial charge in [0.1, 0.15) is 28.4 Å². The van der Waals surface area contributed by atoms with Crippen LogP contribution in [0.5, 0.6) is 0 Å². The fraction of sp³-hybridized carbons (Fsp3) is 0.617. The Morgan fingerprint density at radius 3 is 1.51 bits per heavy atom. The smallest absolute Gasteiger partial charge is 0.408 e. The highest BCUT2D eigenvalue weighted by Gasteiger charge is 2.27. The number of hydrogen-bond acceptors (Lipinski definition) is 16. The van der Waals surface area contributed by atoms with Gasteiger partial charge >= 0.3 is 30.0 Å². The normalized spacial score (nSPS) is 12.6. The molecule has 4 N–H and O–H groups in total. The summed E-state index contributed by atoms with van der Waals surface area (Å²) in [5, 5.41) is 15.1. The van der Waals surface area contributed by atoms with Crippen LogP contribution in [0.1, 0.15) is 99.8 Å². The van der Waals surface area contributed by atoms with E-state index in [9.17, 15) is 38.7 Å². The Balaban J connectivity index is 2.15. The van der Waals surface area contributed by atoms with Gasteiger partial charge in [-0.2, -0.15) is 0 Å². The summed E-state index contributed by atoms with van der Waals surface area (Å²) in [6, 6.07) is 9.56. The summed E-state index contributed by atoms with van der Waals surface area (Å²) >= 11 is 0. The lowest BCUT2D eigenvalue weighted by atomic mass is 10.1. The second-order valence-electron chi connectivity index (χ2n) is 20.0. The number of pyridine rings is 1. The van der Waals surface area contributed by atoms with Crippen LogP contribution in [0.2, 0.25) is 0 Å². The molecule has 0 aliphatic rings. The third-order valence-corrected chi connectivity index (χ3v) is 8.60. The monoisotopic (exact) mass is 944 g/mol. The fourth-order valence-corrected chi connectivity index (χ4v) is 6.01. The Morgan fingerprint density at radius 1 is 0.597 bits per heavy atom. The number of ether oxygens (including phenoxy) is 4. The van der Waals surface area contributed by atoms with Crippen molar-refractivity contribution in [3.05, 3.63) is 65.5 Å². The number of aromatic nitrogens is 1. The molecule has 0 unspecified atom stereocenters. The molecule has 0 bridgehead atoms. The molecule has 1 atom stereocenters. The molecule has 3 amide bonds. The molecular weight excluding hydrogens is 871 g/mol. The zero-order valence-electron chi connectivity index (χ0n) is 41.3. The summed E-state index contributed by atoms with van der Waals surface area (Å²) in [6.07, 6.45) is 2.57. The fourth-order valence-electron chi connectivity index (χ4n) is 6.01. The molecule has 67 heavy (non-hydrogen) atoms. The lowest BCUT2D eigenvalue weighted by molar-refractivity contribution is -0.160. The van der Waals surface area contributed by atoms with Crippen molar-refractivity contribution in [3.8, 4) is 0 Å². The van der Waals surface area contributed by atoms with Gasteiger partial charge in [-0.25, -0.2) is 10.3 Å². The van der Waals surface area contributed by atoms with Gasteiger partial charge in [-0.3, -0.25) is 53.3 Å². The number of hydroxylamine groups is 1. The van der Waals surface area contributed by atoms with Crippen LogP contribution in [0.4, 0.5) is 4.79 Å². The van der Waals surface area contributed by atoms with Crippen molar-refractivity contribution in [3.63, 3.8) is 0 Å². The van der Waals surface area contributed by atoms with Gasteiger partial charge in [0.25, 0.3) is 5.91 Å². The number of aliphatic carboxylic acids is 1. The molecule has 0 fully saturated rings. The minimum atomic E-state index is -1.16. The van der Waals surface area contributed by atoms with Gasteiger partial charge in [-0.1, -0.05) is 30.3 Å². The third kappa shape index (κ3) is 28.2. The Kier molecular flexibility index (Phi) is 22.8. The van der Waals surface area contributed by atoms with E-state index in [4.69, 9.17) is 23.8 Å². The summed E-state index contributed by atoms with van der Waals surface area (Å²) < 4.78 is 21.8. The van der Waals surface area contributed by atoms with Crippen LogP contribution in [0.3, 0.4) is 0 Å². The van der Waals surface area contributed by atoms with Gasteiger partial charge in [0.2, 0.25) is 5.91 Å². The molecule has 0 saturated heterocycles. The standard InChI is InChI=1S/C47H73N7O13/c1-44(2,3)64-39(58)29-53(28-38(56)57)22-20-52(21-23-54(30-40(59)65-45(4,5)6)31-41(60)66-46(7,8)9)27-37(55)49-26-33-15-17-34(18-16-33)32-63-51-42(61)36(24-35-14-13-19-48-25-35)50-43(62)67-47(10,11)12/h13-19,25,36H,20-24,26-32H2,1-12H3,(H,49,55)(H,50,62)(H,51,61)(H,56,57)/t36-/m1/s1. The topological polar surface area (TPSA) is 245 Å². The second-order valence-corrected chi connectivity index (χ2v) is 20.0. The van der Waals surface area contributed by atoms with Crippen LogP contribution in [0.15, 0.2) is 48.8 Å². The molecule has 0 aliphatic carbocycles. The largest absolute Gasteiger partial charge is 0.480 e. The van der Waals surface area contributed by atoms with Crippen LogP contribution in [-0.2, 0) is 72.1 Å². The number of nitrogens with one attached hydrogen (secondary N) is 3. The molecule has 0 saturated carbocycles. The van der Waals surface area contributed by atoms with Crippen LogP contribution >= 0.6 is 0 Å². The molecule has 20 heteroatoms. The van der Waals surface area contributed by atoms with Crippen LogP contribution in [0, 0.1) is 0 Å². The number of nitrogens with zero attached hydrogens (tertiary/aromatic N) is 4. The van der Waals surface area contributed by atoms with Crippen LogP contribution in [0.25, 0.3) is 0 Å². The molecule has 374 valence electrons. The van der Waals surface area contributed by atoms with Gasteiger partial charge in [0, 0.05) is 51.5 Å². The lowest BCUT2D eigenvalue weighted by Gasteiger charge is -2.30. The summed E-state index contributed by atoms with van der Waals surface area (Å²) in [7, 11) is 0. The molecule has 0 spiro atoms. The van der Waals surface area contributed by atoms with Gasteiger partial charge in [-0.05, 0) is 106 Å². The maximum atomic E-state index is 13.5. The highest BCUT2D eigenvalue weighted by molar-refractivity contribution is 5.85. The highest BCUT2D eigenvalue weighted by atomic mass is 16.7. The van der Waals surface area contributed by atoms with E-state index in [1.807, 2.05) is 0 Å². The Morgan fingerprint density at radius 2 is 1.06 bits per heavy atom. The van der Waals surface area contributed by atoms with E-state index < -0.39 is 70.9 Å². The number of hydrogen-bond donors (Lipinski definition) is 4. The molecule has 0 radical (unpaired) electrons. The molecule has 0 aliphatic heterocycles. The number of rotatable bonds is 25. The lowest BCUT2D eigenvalue weighted by Crippen LogP contribution is -2.49. The van der Waals surface area contributed by atoms with E-state index in [1.54, 1.807) is 142 Å². The van der Waals surface area contributed by atoms with Crippen molar-refractivity contribution in [2.75, 3.05) is 58.9 Å². The molecule has 1 heterocycles. The molecular formula is C47H73N7O13. The number of carboxylic acids is 1. The molecule has 20 nitrogen and oxygen atoms in total. The van der Waals surface area contributed by atoms with Crippen molar-refractivity contribution in [1.29, 1.82) is 0 Å². The second kappa shape index (κ2) is 26.6. The average molecular weight is 944 g/mol. The van der Waals surface area contributed by atoms with Crippen molar-refractivity contribution < 1.29 is 62.5 Å². The average Bonchev–Trinajstić information content (AvgIpc) is 3.15. The number of amides is 3. The maximum Gasteiger partial charge on any atom is 0.408 e. The Bertz CT molecular complexity index is 1890. The van der Waals surface area contributed by atoms with Gasteiger partial charge in [0.05, 0.1) is 39.3 Å². The first-order valence-corrected chi connectivity index (χ1v) is 22.1. The predicted octanol–water partition coefficient (Wildman–Crippen LogP) is 3.40. The summed E-state index contributed by atoms with van der Waals surface area (Å²) in [5.41, 5.74) is 1.44. The predicted molar refractivity (Wildman–Crippen MR) is 247 cm³/mol. The van der Waals surface area contributed by atoms with E-state index in [1.165, 1.54) is 4.90 Å². The minimum Gasteiger partial charge on any atom is -0.480 e. The van der Waals surface area contributed by atoms with Crippen LogP contribution < -0.4 is 16.1 Å². The third-order valence-electron chi connectivity index (χ3n) is 8.60. The number of esters is 3. The number of carboxylic acid groups (broad SMARTS) is 1. The Hall–Kier alpha value is -5.70. The number of alkyl carbamates (subject to hydrolysis) is 1. The summed E-state index contributed by atoms with van der Waals surface area (Å²) in [4.78, 5) is 104. The van der Waals surface area contributed by atoms with Crippen molar-refractivity contribution >= 4 is 41.8 Å². The van der Waals surface area contributed by atoms with E-state index in [2.05, 4.69) is 21.1 Å². The maximum absolute atomic E-state index is 13.5. The zero-order valence-corrected chi connectivity index (χ0v) is 41.3. The quantitative estimate of drug-likeness (QED) is 0.0633. The zero-order chi connectivity index (χ0) is 50.6. The van der Waals surface area contributed by atoms with E-state index in [-0.39, 0.29) is 77.8 Å². The van der Waals surface area contributed by atoms with E-state index >= 15 is 0 Å². The van der Waals surface area contributed by atoms with Gasteiger partial charge in [-0.15, -0.1) is 0 Å². The van der Waals surface area contributed by atoms with Crippen molar-refractivity contribution in [1.82, 2.24) is 35.8 Å². The Labute approximate surface area is 394 Å². The molecule has 1 aromatic carbocycles.